The van der Waals surface area contributed by atoms with Crippen LogP contribution in [0.5, 0.6) is 0 Å². The average Bonchev–Trinajstić information content (AvgIpc) is 2.37. The summed E-state index contributed by atoms with van der Waals surface area (Å²) in [4.78, 5) is 0. The lowest BCUT2D eigenvalue weighted by Gasteiger charge is -2.23. The molecule has 0 saturated carbocycles. The van der Waals surface area contributed by atoms with Gasteiger partial charge in [-0.25, -0.2) is 0 Å². The number of ether oxygens (including phenoxy) is 1. The first-order chi connectivity index (χ1) is 8.31. The van der Waals surface area contributed by atoms with Crippen LogP contribution in [0.3, 0.4) is 0 Å². The molecule has 0 radical (unpaired) electrons. The third-order valence-electron chi connectivity index (χ3n) is 2.96. The third-order valence-corrected chi connectivity index (χ3v) is 3.62. The molecule has 2 rings (SSSR count). The van der Waals surface area contributed by atoms with Crippen LogP contribution in [-0.2, 0) is 4.74 Å². The molecule has 17 heavy (non-hydrogen) atoms. The molecule has 0 aromatic heterocycles. The van der Waals surface area contributed by atoms with Gasteiger partial charge < -0.3 is 10.1 Å². The van der Waals surface area contributed by atoms with Crippen molar-refractivity contribution in [3.8, 4) is 6.07 Å². The largest absolute Gasteiger partial charge is 0.384 e. The zero-order valence-corrected chi connectivity index (χ0v) is 11.2. The SMILES string of the molecule is N#Cc1c(Br)cccc1NCC1CCCOC1. The number of halogens is 1. The molecule has 1 atom stereocenters. The van der Waals surface area contributed by atoms with Crippen molar-refractivity contribution in [2.24, 2.45) is 5.92 Å². The van der Waals surface area contributed by atoms with Crippen LogP contribution in [0.15, 0.2) is 22.7 Å². The van der Waals surface area contributed by atoms with Gasteiger partial charge >= 0.3 is 0 Å². The van der Waals surface area contributed by atoms with Crippen LogP contribution >= 0.6 is 15.9 Å². The normalized spacial score (nSPS) is 19.6. The van der Waals surface area contributed by atoms with Crippen LogP contribution in [0.25, 0.3) is 0 Å². The van der Waals surface area contributed by atoms with E-state index in [2.05, 4.69) is 27.3 Å². The molecular weight excluding hydrogens is 280 g/mol. The quantitative estimate of drug-likeness (QED) is 0.931. The molecule has 1 aromatic rings. The minimum atomic E-state index is 0.550. The van der Waals surface area contributed by atoms with Gasteiger partial charge in [-0.3, -0.25) is 0 Å². The Kier molecular flexibility index (Phi) is 4.41. The highest BCUT2D eigenvalue weighted by molar-refractivity contribution is 9.10. The third kappa shape index (κ3) is 3.21. The van der Waals surface area contributed by atoms with E-state index in [-0.39, 0.29) is 0 Å². The first-order valence-electron chi connectivity index (χ1n) is 5.81. The summed E-state index contributed by atoms with van der Waals surface area (Å²) < 4.78 is 6.27. The van der Waals surface area contributed by atoms with Crippen molar-refractivity contribution in [2.45, 2.75) is 12.8 Å². The predicted octanol–water partition coefficient (Wildman–Crippen LogP) is 3.16. The maximum absolute atomic E-state index is 9.09. The Morgan fingerprint density at radius 2 is 2.41 bits per heavy atom. The standard InChI is InChI=1S/C13H15BrN2O/c14-12-4-1-5-13(11(12)7-15)16-8-10-3-2-6-17-9-10/h1,4-5,10,16H,2-3,6,8-9H2. The Morgan fingerprint density at radius 1 is 1.53 bits per heavy atom. The number of nitriles is 1. The van der Waals surface area contributed by atoms with Crippen LogP contribution in [0.2, 0.25) is 0 Å². The van der Waals surface area contributed by atoms with Gasteiger partial charge in [0.1, 0.15) is 6.07 Å². The van der Waals surface area contributed by atoms with Gasteiger partial charge in [0.05, 0.1) is 17.9 Å². The molecule has 1 fully saturated rings. The van der Waals surface area contributed by atoms with E-state index >= 15 is 0 Å². The van der Waals surface area contributed by atoms with Crippen molar-refractivity contribution in [2.75, 3.05) is 25.1 Å². The molecule has 1 aliphatic heterocycles. The van der Waals surface area contributed by atoms with Crippen LogP contribution in [-0.4, -0.2) is 19.8 Å². The molecule has 0 aliphatic carbocycles. The summed E-state index contributed by atoms with van der Waals surface area (Å²) in [5.74, 6) is 0.550. The van der Waals surface area contributed by atoms with Gasteiger partial charge in [-0.2, -0.15) is 5.26 Å². The van der Waals surface area contributed by atoms with Gasteiger partial charge in [0.25, 0.3) is 0 Å². The summed E-state index contributed by atoms with van der Waals surface area (Å²) >= 11 is 3.39. The fourth-order valence-corrected chi connectivity index (χ4v) is 2.46. The molecule has 0 bridgehead atoms. The van der Waals surface area contributed by atoms with Crippen molar-refractivity contribution in [1.82, 2.24) is 0 Å². The van der Waals surface area contributed by atoms with Gasteiger partial charge in [0, 0.05) is 17.6 Å². The van der Waals surface area contributed by atoms with Crippen LogP contribution in [0, 0.1) is 17.2 Å². The summed E-state index contributed by atoms with van der Waals surface area (Å²) in [6.45, 7) is 2.57. The number of rotatable bonds is 3. The van der Waals surface area contributed by atoms with Crippen molar-refractivity contribution < 1.29 is 4.74 Å². The fraction of sp³-hybridized carbons (Fsp3) is 0.462. The van der Waals surface area contributed by atoms with E-state index < -0.39 is 0 Å². The van der Waals surface area contributed by atoms with Gasteiger partial charge in [-0.05, 0) is 46.8 Å². The van der Waals surface area contributed by atoms with E-state index in [0.29, 0.717) is 11.5 Å². The summed E-state index contributed by atoms with van der Waals surface area (Å²) in [5.41, 5.74) is 1.57. The Morgan fingerprint density at radius 3 is 3.12 bits per heavy atom. The highest BCUT2D eigenvalue weighted by Gasteiger charge is 2.14. The van der Waals surface area contributed by atoms with Crippen molar-refractivity contribution >= 4 is 21.6 Å². The Bertz CT molecular complexity index is 422. The van der Waals surface area contributed by atoms with Crippen molar-refractivity contribution in [3.05, 3.63) is 28.2 Å². The summed E-state index contributed by atoms with van der Waals surface area (Å²) in [6.07, 6.45) is 2.33. The second-order valence-electron chi connectivity index (χ2n) is 4.24. The van der Waals surface area contributed by atoms with E-state index in [1.165, 1.54) is 6.42 Å². The molecular formula is C13H15BrN2O. The minimum Gasteiger partial charge on any atom is -0.384 e. The number of hydrogen-bond acceptors (Lipinski definition) is 3. The Hall–Kier alpha value is -1.05. The molecule has 1 aliphatic rings. The number of nitrogens with zero attached hydrogens (tertiary/aromatic N) is 1. The number of benzene rings is 1. The van der Waals surface area contributed by atoms with E-state index in [1.807, 2.05) is 18.2 Å². The molecule has 1 saturated heterocycles. The van der Waals surface area contributed by atoms with E-state index in [1.54, 1.807) is 0 Å². The Labute approximate surface area is 110 Å². The fourth-order valence-electron chi connectivity index (χ4n) is 2.01. The maximum atomic E-state index is 9.09. The minimum absolute atomic E-state index is 0.550. The topological polar surface area (TPSA) is 45.0 Å². The van der Waals surface area contributed by atoms with E-state index in [4.69, 9.17) is 10.00 Å². The molecule has 0 spiro atoms. The second-order valence-corrected chi connectivity index (χ2v) is 5.09. The predicted molar refractivity (Wildman–Crippen MR) is 70.9 cm³/mol. The first-order valence-corrected chi connectivity index (χ1v) is 6.61. The number of anilines is 1. The van der Waals surface area contributed by atoms with Crippen LogP contribution in [0.4, 0.5) is 5.69 Å². The molecule has 4 heteroatoms. The smallest absolute Gasteiger partial charge is 0.103 e. The lowest BCUT2D eigenvalue weighted by molar-refractivity contribution is 0.0595. The summed E-state index contributed by atoms with van der Waals surface area (Å²) in [7, 11) is 0. The monoisotopic (exact) mass is 294 g/mol. The highest BCUT2D eigenvalue weighted by Crippen LogP contribution is 2.24. The lowest BCUT2D eigenvalue weighted by atomic mass is 10.0. The molecule has 0 amide bonds. The molecule has 1 unspecified atom stereocenters. The van der Waals surface area contributed by atoms with Gasteiger partial charge in [-0.1, -0.05) is 6.07 Å². The van der Waals surface area contributed by atoms with Crippen LogP contribution in [0.1, 0.15) is 18.4 Å². The van der Waals surface area contributed by atoms with Gasteiger partial charge in [0.15, 0.2) is 0 Å². The molecule has 1 heterocycles. The maximum Gasteiger partial charge on any atom is 0.103 e. The van der Waals surface area contributed by atoms with E-state index in [0.717, 1.165) is 36.3 Å². The van der Waals surface area contributed by atoms with Crippen LogP contribution < -0.4 is 5.32 Å². The van der Waals surface area contributed by atoms with Crippen molar-refractivity contribution in [1.29, 1.82) is 5.26 Å². The first kappa shape index (κ1) is 12.4. The lowest BCUT2D eigenvalue weighted by Crippen LogP contribution is -2.24. The average molecular weight is 295 g/mol. The Balaban J connectivity index is 1.99. The molecule has 1 N–H and O–H groups in total. The van der Waals surface area contributed by atoms with E-state index in [9.17, 15) is 0 Å². The zero-order chi connectivity index (χ0) is 12.1. The highest BCUT2D eigenvalue weighted by atomic mass is 79.9. The zero-order valence-electron chi connectivity index (χ0n) is 9.58. The molecule has 90 valence electrons. The van der Waals surface area contributed by atoms with Gasteiger partial charge in [0.2, 0.25) is 0 Å². The van der Waals surface area contributed by atoms with Gasteiger partial charge in [-0.15, -0.1) is 0 Å². The van der Waals surface area contributed by atoms with Crippen molar-refractivity contribution in [3.63, 3.8) is 0 Å². The summed E-state index contributed by atoms with van der Waals surface area (Å²) in [5, 5.41) is 12.4. The molecule has 1 aromatic carbocycles. The summed E-state index contributed by atoms with van der Waals surface area (Å²) in [6, 6.07) is 7.97. The molecule has 3 nitrogen and oxygen atoms in total. The second kappa shape index (κ2) is 6.04. The number of nitrogens with one attached hydrogen (secondary N) is 1. The number of hydrogen-bond donors (Lipinski definition) is 1.